The standard InChI is InChI=1S/C17H27NO2.C5H12.C3H8.Ar/c1-16(2,3)15(20)14(18-17(4,5)6)11-12-7-9-13(19)10-8-12;1-5(2,3)4;1-3-2;/h7-10,14,18-19H,11H2,1-6H3;1-4H3;3H2,1-2H3;. The number of phenolic OH excluding ortho intramolecular Hbond substituents is 1. The molecule has 0 saturated carbocycles. The van der Waals surface area contributed by atoms with E-state index in [-0.39, 0.29) is 66.3 Å². The van der Waals surface area contributed by atoms with Crippen LogP contribution >= 0.6 is 0 Å². The zero-order valence-corrected chi connectivity index (χ0v) is 21.7. The van der Waals surface area contributed by atoms with Gasteiger partial charge in [-0.3, -0.25) is 4.79 Å². The van der Waals surface area contributed by atoms with Gasteiger partial charge >= 0.3 is 0 Å². The number of hydrogen-bond donors (Lipinski definition) is 2. The Balaban J connectivity index is -0.000000641. The summed E-state index contributed by atoms with van der Waals surface area (Å²) in [5, 5.41) is 12.7. The minimum absolute atomic E-state index is 0. The minimum Gasteiger partial charge on any atom is -0.508 e. The number of ketones is 1. The van der Waals surface area contributed by atoms with Gasteiger partial charge in [0, 0.05) is 48.7 Å². The van der Waals surface area contributed by atoms with Crippen molar-refractivity contribution in [1.82, 2.24) is 5.32 Å². The molecule has 3 nitrogen and oxygen atoms in total. The smallest absolute Gasteiger partial charge is 0.155 e. The van der Waals surface area contributed by atoms with Crippen LogP contribution in [0.3, 0.4) is 0 Å². The summed E-state index contributed by atoms with van der Waals surface area (Å²) in [4.78, 5) is 12.6. The minimum atomic E-state index is -0.375. The van der Waals surface area contributed by atoms with Crippen molar-refractivity contribution in [2.45, 2.75) is 108 Å². The number of phenols is 1. The number of hydrogen-bond acceptors (Lipinski definition) is 3. The van der Waals surface area contributed by atoms with Crippen LogP contribution in [0.15, 0.2) is 24.3 Å². The summed E-state index contributed by atoms with van der Waals surface area (Å²) < 4.78 is 0. The molecule has 0 aliphatic heterocycles. The molecule has 1 unspecified atom stereocenters. The zero-order chi connectivity index (χ0) is 22.8. The van der Waals surface area contributed by atoms with Gasteiger partial charge in [0.25, 0.3) is 0 Å². The van der Waals surface area contributed by atoms with Gasteiger partial charge in [-0.15, -0.1) is 0 Å². The maximum Gasteiger partial charge on any atom is 0.155 e. The molecule has 4 heteroatoms. The molecular weight excluding hydrogens is 386 g/mol. The third-order valence-corrected chi connectivity index (χ3v) is 3.04. The van der Waals surface area contributed by atoms with Crippen LogP contribution < -0.4 is 5.32 Å². The van der Waals surface area contributed by atoms with Crippen molar-refractivity contribution in [2.75, 3.05) is 0 Å². The van der Waals surface area contributed by atoms with Gasteiger partial charge in [0.05, 0.1) is 6.04 Å². The van der Waals surface area contributed by atoms with Gasteiger partial charge in [0.1, 0.15) is 5.75 Å². The van der Waals surface area contributed by atoms with E-state index < -0.39 is 0 Å². The third kappa shape index (κ3) is 22.4. The Morgan fingerprint density at radius 3 is 1.52 bits per heavy atom. The van der Waals surface area contributed by atoms with Crippen molar-refractivity contribution in [3.8, 4) is 5.75 Å². The first-order chi connectivity index (χ1) is 12.4. The molecule has 1 aromatic rings. The van der Waals surface area contributed by atoms with Crippen LogP contribution in [0.1, 0.15) is 95.1 Å². The summed E-state index contributed by atoms with van der Waals surface area (Å²) >= 11 is 0. The van der Waals surface area contributed by atoms with Gasteiger partial charge in [0.2, 0.25) is 0 Å². The summed E-state index contributed by atoms with van der Waals surface area (Å²) in [7, 11) is 0. The largest absolute Gasteiger partial charge is 0.508 e. The molecule has 0 aromatic heterocycles. The van der Waals surface area contributed by atoms with Crippen LogP contribution in [0.2, 0.25) is 0 Å². The Labute approximate surface area is 211 Å². The fraction of sp³-hybridized carbons (Fsp3) is 0.720. The first-order valence-electron chi connectivity index (χ1n) is 10.5. The van der Waals surface area contributed by atoms with Crippen molar-refractivity contribution in [2.24, 2.45) is 10.8 Å². The first-order valence-corrected chi connectivity index (χ1v) is 10.5. The molecule has 0 saturated heterocycles. The topological polar surface area (TPSA) is 49.3 Å². The molecule has 1 aromatic carbocycles. The van der Waals surface area contributed by atoms with Crippen molar-refractivity contribution >= 4 is 5.78 Å². The van der Waals surface area contributed by atoms with E-state index in [0.29, 0.717) is 11.8 Å². The van der Waals surface area contributed by atoms with Crippen LogP contribution in [0, 0.1) is 48.6 Å². The second kappa shape index (κ2) is 14.8. The zero-order valence-electron chi connectivity index (χ0n) is 21.0. The maximum absolute atomic E-state index is 12.6. The molecule has 0 spiro atoms. The average Bonchev–Trinajstić information content (AvgIpc) is 2.45. The normalized spacial score (nSPS) is 12.4. The summed E-state index contributed by atoms with van der Waals surface area (Å²) in [5.74, 6) is 0.455. The number of nitrogens with one attached hydrogen (secondary N) is 1. The van der Waals surface area contributed by atoms with Crippen LogP contribution in [-0.2, 0) is 11.2 Å². The Bertz CT molecular complexity index is 540. The molecule has 2 N–H and O–H groups in total. The van der Waals surface area contributed by atoms with E-state index in [1.807, 2.05) is 32.9 Å². The van der Waals surface area contributed by atoms with Crippen LogP contribution in [0.4, 0.5) is 0 Å². The van der Waals surface area contributed by atoms with E-state index in [1.165, 1.54) is 6.42 Å². The molecule has 0 aliphatic rings. The van der Waals surface area contributed by atoms with Crippen molar-refractivity contribution in [1.29, 1.82) is 0 Å². The Hall–Kier alpha value is -0.0903. The van der Waals surface area contributed by atoms with E-state index in [9.17, 15) is 9.90 Å². The van der Waals surface area contributed by atoms with Gasteiger partial charge in [-0.1, -0.05) is 80.9 Å². The van der Waals surface area contributed by atoms with Gasteiger partial charge < -0.3 is 10.4 Å². The average molecular weight is 434 g/mol. The van der Waals surface area contributed by atoms with Gasteiger partial charge in [0.15, 0.2) is 5.78 Å². The van der Waals surface area contributed by atoms with Crippen LogP contribution in [0.5, 0.6) is 5.75 Å². The van der Waals surface area contributed by atoms with Crippen LogP contribution in [0.25, 0.3) is 0 Å². The van der Waals surface area contributed by atoms with Crippen molar-refractivity contribution in [3.05, 3.63) is 29.8 Å². The van der Waals surface area contributed by atoms with E-state index in [1.54, 1.807) is 12.1 Å². The quantitative estimate of drug-likeness (QED) is 0.550. The number of carbonyl (C=O) groups is 1. The number of Topliss-reactive ketones (excluding diaryl/α,β-unsaturated/α-hetero) is 1. The van der Waals surface area contributed by atoms with Gasteiger partial charge in [-0.05, 0) is 50.3 Å². The van der Waals surface area contributed by atoms with Crippen LogP contribution in [-0.4, -0.2) is 22.5 Å². The summed E-state index contributed by atoms with van der Waals surface area (Å²) in [6, 6.07) is 6.82. The molecule has 0 radical (unpaired) electrons. The number of aromatic hydroxyl groups is 1. The Morgan fingerprint density at radius 1 is 0.897 bits per heavy atom. The fourth-order valence-electron chi connectivity index (χ4n) is 2.12. The number of rotatable bonds is 4. The molecule has 0 bridgehead atoms. The SMILES string of the molecule is CC(C)(C)C.CC(C)(C)NC(Cc1ccc(O)cc1)C(=O)C(C)(C)C.CCC.[Ar]. The monoisotopic (exact) mass is 433 g/mol. The van der Waals surface area contributed by atoms with Gasteiger partial charge in [-0.2, -0.15) is 0 Å². The second-order valence-corrected chi connectivity index (χ2v) is 11.1. The Kier molecular flexibility index (Phi) is 17.2. The number of benzene rings is 1. The molecular formula is C25H47ArNO2. The van der Waals surface area contributed by atoms with E-state index >= 15 is 0 Å². The maximum atomic E-state index is 12.6. The summed E-state index contributed by atoms with van der Waals surface area (Å²) in [6.07, 6.45) is 1.88. The van der Waals surface area contributed by atoms with E-state index in [2.05, 4.69) is 67.6 Å². The van der Waals surface area contributed by atoms with E-state index in [0.717, 1.165) is 5.56 Å². The van der Waals surface area contributed by atoms with E-state index in [4.69, 9.17) is 0 Å². The Morgan fingerprint density at radius 2 is 1.24 bits per heavy atom. The molecule has 172 valence electrons. The molecule has 0 fully saturated rings. The molecule has 0 heterocycles. The number of carbonyl (C=O) groups excluding carboxylic acids is 1. The van der Waals surface area contributed by atoms with Crippen molar-refractivity contribution in [3.63, 3.8) is 0 Å². The fourth-order valence-corrected chi connectivity index (χ4v) is 2.12. The molecule has 0 amide bonds. The molecule has 29 heavy (non-hydrogen) atoms. The van der Waals surface area contributed by atoms with Crippen molar-refractivity contribution < 1.29 is 47.6 Å². The molecule has 1 atom stereocenters. The second-order valence-electron chi connectivity index (χ2n) is 11.1. The summed E-state index contributed by atoms with van der Waals surface area (Å²) in [5.41, 5.74) is 1.05. The summed E-state index contributed by atoms with van der Waals surface area (Å²) in [6.45, 7) is 25.0. The first kappa shape index (κ1) is 33.5. The molecule has 0 aliphatic carbocycles. The van der Waals surface area contributed by atoms with Gasteiger partial charge in [-0.25, -0.2) is 0 Å². The molecule has 1 rings (SSSR count). The third-order valence-electron chi connectivity index (χ3n) is 3.04. The predicted molar refractivity (Wildman–Crippen MR) is 124 cm³/mol. The predicted octanol–water partition coefficient (Wildman–Crippen LogP) is 6.78.